The second-order valence-electron chi connectivity index (χ2n) is 5.82. The molecule has 1 aromatic heterocycles. The van der Waals surface area contributed by atoms with E-state index in [1.54, 1.807) is 29.8 Å². The van der Waals surface area contributed by atoms with Crippen LogP contribution in [0.3, 0.4) is 0 Å². The minimum absolute atomic E-state index is 0.176. The van der Waals surface area contributed by atoms with Gasteiger partial charge in [-0.1, -0.05) is 18.6 Å². The molecule has 118 valence electrons. The number of ether oxygens (including phenoxy) is 1. The number of nitriles is 1. The first-order valence-electron chi connectivity index (χ1n) is 7.68. The van der Waals surface area contributed by atoms with Crippen molar-refractivity contribution < 1.29 is 9.53 Å². The summed E-state index contributed by atoms with van der Waals surface area (Å²) in [6.45, 7) is 2.22. The van der Waals surface area contributed by atoms with E-state index in [4.69, 9.17) is 4.74 Å². The Morgan fingerprint density at radius 1 is 1.43 bits per heavy atom. The van der Waals surface area contributed by atoms with Crippen molar-refractivity contribution in [2.75, 3.05) is 6.61 Å². The first-order valence-corrected chi connectivity index (χ1v) is 7.68. The topological polar surface area (TPSA) is 85.0 Å². The standard InChI is InChI=1S/C17H17N3O3/c1-2-23-16(22)14-15(21)12-6-3-4-7-13(12)20(19-14)11-17(10-18)8-5-9-17/h3-4,6-7H,2,5,8-9,11H2,1H3. The normalized spacial score (nSPS) is 15.7. The SMILES string of the molecule is CCOC(=O)c1nn(CC2(C#N)CCC2)c2ccccc2c1=O. The second kappa shape index (κ2) is 5.84. The van der Waals surface area contributed by atoms with Crippen molar-refractivity contribution in [2.45, 2.75) is 32.7 Å². The maximum atomic E-state index is 12.5. The minimum Gasteiger partial charge on any atom is -0.461 e. The van der Waals surface area contributed by atoms with Crippen LogP contribution < -0.4 is 5.43 Å². The summed E-state index contributed by atoms with van der Waals surface area (Å²) in [7, 11) is 0. The number of hydrogen-bond donors (Lipinski definition) is 0. The molecule has 0 N–H and O–H groups in total. The number of hydrogen-bond acceptors (Lipinski definition) is 5. The number of carbonyl (C=O) groups excluding carboxylic acids is 1. The molecular formula is C17H17N3O3. The molecule has 1 heterocycles. The third kappa shape index (κ3) is 2.59. The van der Waals surface area contributed by atoms with Crippen LogP contribution in [0, 0.1) is 16.7 Å². The number of fused-ring (bicyclic) bond motifs is 1. The lowest BCUT2D eigenvalue weighted by atomic mass is 9.70. The minimum atomic E-state index is -0.725. The van der Waals surface area contributed by atoms with Crippen LogP contribution >= 0.6 is 0 Å². The van der Waals surface area contributed by atoms with Crippen LogP contribution in [0.1, 0.15) is 36.7 Å². The molecule has 6 nitrogen and oxygen atoms in total. The molecule has 0 spiro atoms. The van der Waals surface area contributed by atoms with Gasteiger partial charge in [0.15, 0.2) is 0 Å². The molecule has 3 rings (SSSR count). The summed E-state index contributed by atoms with van der Waals surface area (Å²) < 4.78 is 6.53. The molecule has 1 aliphatic rings. The summed E-state index contributed by atoms with van der Waals surface area (Å²) in [5.41, 5.74) is -0.489. The molecule has 2 aromatic rings. The second-order valence-corrected chi connectivity index (χ2v) is 5.82. The van der Waals surface area contributed by atoms with Crippen LogP contribution in [0.5, 0.6) is 0 Å². The van der Waals surface area contributed by atoms with E-state index in [2.05, 4.69) is 11.2 Å². The van der Waals surface area contributed by atoms with Gasteiger partial charge in [0.1, 0.15) is 0 Å². The van der Waals surface area contributed by atoms with Gasteiger partial charge in [0.2, 0.25) is 11.1 Å². The van der Waals surface area contributed by atoms with E-state index in [1.165, 1.54) is 0 Å². The van der Waals surface area contributed by atoms with Crippen LogP contribution in [-0.4, -0.2) is 22.4 Å². The predicted molar refractivity (Wildman–Crippen MR) is 83.9 cm³/mol. The number of aromatic nitrogens is 2. The molecule has 0 radical (unpaired) electrons. The van der Waals surface area contributed by atoms with E-state index in [0.717, 1.165) is 19.3 Å². The lowest BCUT2D eigenvalue weighted by molar-refractivity contribution is 0.0513. The summed E-state index contributed by atoms with van der Waals surface area (Å²) in [5.74, 6) is -0.725. The number of rotatable bonds is 4. The molecule has 0 bridgehead atoms. The largest absolute Gasteiger partial charge is 0.461 e. The van der Waals surface area contributed by atoms with E-state index in [9.17, 15) is 14.9 Å². The molecule has 23 heavy (non-hydrogen) atoms. The Bertz CT molecular complexity index is 859. The molecular weight excluding hydrogens is 294 g/mol. The van der Waals surface area contributed by atoms with Crippen LogP contribution in [-0.2, 0) is 11.3 Å². The van der Waals surface area contributed by atoms with Crippen molar-refractivity contribution in [1.82, 2.24) is 9.78 Å². The zero-order valence-corrected chi connectivity index (χ0v) is 12.9. The van der Waals surface area contributed by atoms with Gasteiger partial charge >= 0.3 is 5.97 Å². The maximum absolute atomic E-state index is 12.5. The maximum Gasteiger partial charge on any atom is 0.362 e. The fourth-order valence-electron chi connectivity index (χ4n) is 2.89. The van der Waals surface area contributed by atoms with E-state index in [1.807, 2.05) is 6.07 Å². The molecule has 1 fully saturated rings. The van der Waals surface area contributed by atoms with Crippen LogP contribution in [0.15, 0.2) is 29.1 Å². The predicted octanol–water partition coefficient (Wildman–Crippen LogP) is 2.27. The van der Waals surface area contributed by atoms with Crippen LogP contribution in [0.4, 0.5) is 0 Å². The third-order valence-corrected chi connectivity index (χ3v) is 4.33. The molecule has 0 amide bonds. The van der Waals surface area contributed by atoms with E-state index >= 15 is 0 Å². The van der Waals surface area contributed by atoms with Crippen molar-refractivity contribution in [3.05, 3.63) is 40.2 Å². The lowest BCUT2D eigenvalue weighted by Crippen LogP contribution is -2.35. The molecule has 1 saturated carbocycles. The van der Waals surface area contributed by atoms with E-state index < -0.39 is 16.8 Å². The first-order chi connectivity index (χ1) is 11.1. The summed E-state index contributed by atoms with van der Waals surface area (Å²) in [6, 6.07) is 9.36. The van der Waals surface area contributed by atoms with Crippen molar-refractivity contribution in [3.63, 3.8) is 0 Å². The smallest absolute Gasteiger partial charge is 0.362 e. The molecule has 0 saturated heterocycles. The summed E-state index contributed by atoms with van der Waals surface area (Å²) in [5, 5.41) is 14.1. The van der Waals surface area contributed by atoms with Gasteiger partial charge in [-0.25, -0.2) is 4.79 Å². The van der Waals surface area contributed by atoms with Gasteiger partial charge in [-0.05, 0) is 31.9 Å². The van der Waals surface area contributed by atoms with Crippen molar-refractivity contribution in [2.24, 2.45) is 5.41 Å². The van der Waals surface area contributed by atoms with Gasteiger partial charge in [0.25, 0.3) is 0 Å². The van der Waals surface area contributed by atoms with Gasteiger partial charge in [0, 0.05) is 5.39 Å². The van der Waals surface area contributed by atoms with E-state index in [-0.39, 0.29) is 12.3 Å². The highest BCUT2D eigenvalue weighted by Gasteiger charge is 2.38. The molecule has 1 aliphatic carbocycles. The molecule has 0 unspecified atom stereocenters. The number of esters is 1. The molecule has 1 aromatic carbocycles. The fourth-order valence-corrected chi connectivity index (χ4v) is 2.89. The van der Waals surface area contributed by atoms with Gasteiger partial charge in [0.05, 0.1) is 30.2 Å². The van der Waals surface area contributed by atoms with Gasteiger partial charge < -0.3 is 4.74 Å². The number of para-hydroxylation sites is 1. The van der Waals surface area contributed by atoms with Crippen molar-refractivity contribution >= 4 is 16.9 Å². The highest BCUT2D eigenvalue weighted by atomic mass is 16.5. The number of nitrogens with zero attached hydrogens (tertiary/aromatic N) is 3. The van der Waals surface area contributed by atoms with Crippen molar-refractivity contribution in [3.8, 4) is 6.07 Å². The van der Waals surface area contributed by atoms with Crippen molar-refractivity contribution in [1.29, 1.82) is 5.26 Å². The van der Waals surface area contributed by atoms with Crippen LogP contribution in [0.2, 0.25) is 0 Å². The molecule has 0 aliphatic heterocycles. The summed E-state index contributed by atoms with van der Waals surface area (Å²) in [6.07, 6.45) is 2.62. The Labute approximate surface area is 133 Å². The summed E-state index contributed by atoms with van der Waals surface area (Å²) >= 11 is 0. The first kappa shape index (κ1) is 15.2. The quantitative estimate of drug-likeness (QED) is 0.809. The number of carbonyl (C=O) groups is 1. The van der Waals surface area contributed by atoms with Gasteiger partial charge in [-0.15, -0.1) is 0 Å². The molecule has 6 heteroatoms. The highest BCUT2D eigenvalue weighted by Crippen LogP contribution is 2.41. The Morgan fingerprint density at radius 2 is 2.17 bits per heavy atom. The zero-order chi connectivity index (χ0) is 16.4. The Morgan fingerprint density at radius 3 is 2.78 bits per heavy atom. The Kier molecular flexibility index (Phi) is 3.87. The van der Waals surface area contributed by atoms with E-state index in [0.29, 0.717) is 17.4 Å². The van der Waals surface area contributed by atoms with Gasteiger partial charge in [-0.3, -0.25) is 9.48 Å². The third-order valence-electron chi connectivity index (χ3n) is 4.33. The average molecular weight is 311 g/mol. The Balaban J connectivity index is 2.16. The number of benzene rings is 1. The average Bonchev–Trinajstić information content (AvgIpc) is 2.53. The highest BCUT2D eigenvalue weighted by molar-refractivity contribution is 5.91. The van der Waals surface area contributed by atoms with Crippen LogP contribution in [0.25, 0.3) is 10.9 Å². The summed E-state index contributed by atoms with van der Waals surface area (Å²) in [4.78, 5) is 24.5. The monoisotopic (exact) mass is 311 g/mol. The molecule has 0 atom stereocenters. The Hall–Kier alpha value is -2.68. The zero-order valence-electron chi connectivity index (χ0n) is 12.9. The van der Waals surface area contributed by atoms with Gasteiger partial charge in [-0.2, -0.15) is 10.4 Å². The lowest BCUT2D eigenvalue weighted by Gasteiger charge is -2.35. The fraction of sp³-hybridized carbons (Fsp3) is 0.412.